The molecule has 1 N–H and O–H groups in total. The van der Waals surface area contributed by atoms with Crippen LogP contribution >= 0.6 is 11.3 Å². The molecule has 3 aromatic heterocycles. The third-order valence-corrected chi connectivity index (χ3v) is 4.23. The van der Waals surface area contributed by atoms with Gasteiger partial charge in [0.15, 0.2) is 10.8 Å². The van der Waals surface area contributed by atoms with E-state index in [0.717, 1.165) is 0 Å². The molecule has 0 spiro atoms. The van der Waals surface area contributed by atoms with Crippen molar-refractivity contribution >= 4 is 17.2 Å². The maximum Gasteiger partial charge on any atom is 0.263 e. The molecular weight excluding hydrogens is 300 g/mol. The van der Waals surface area contributed by atoms with Gasteiger partial charge >= 0.3 is 0 Å². The van der Waals surface area contributed by atoms with E-state index < -0.39 is 0 Å². The zero-order chi connectivity index (χ0) is 15.5. The fraction of sp³-hybridized carbons (Fsp3) is 0.200. The van der Waals surface area contributed by atoms with Crippen molar-refractivity contribution < 1.29 is 9.21 Å². The lowest BCUT2D eigenvalue weighted by atomic mass is 10.2. The third-order valence-electron chi connectivity index (χ3n) is 3.08. The summed E-state index contributed by atoms with van der Waals surface area (Å²) in [6.07, 6.45) is 4.89. The Morgan fingerprint density at radius 3 is 2.77 bits per heavy atom. The molecular formula is C15H14N4O2S. The van der Waals surface area contributed by atoms with Gasteiger partial charge in [-0.15, -0.1) is 11.3 Å². The highest BCUT2D eigenvalue weighted by molar-refractivity contribution is 7.17. The third kappa shape index (κ3) is 2.89. The molecule has 3 heterocycles. The zero-order valence-corrected chi connectivity index (χ0v) is 12.9. The van der Waals surface area contributed by atoms with Crippen LogP contribution in [0.5, 0.6) is 0 Å². The summed E-state index contributed by atoms with van der Waals surface area (Å²) in [4.78, 5) is 25.6. The molecule has 6 nitrogen and oxygen atoms in total. The van der Waals surface area contributed by atoms with E-state index in [1.165, 1.54) is 11.3 Å². The Balaban J connectivity index is 1.80. The van der Waals surface area contributed by atoms with Gasteiger partial charge in [0.2, 0.25) is 0 Å². The number of aromatic nitrogens is 3. The Hall–Kier alpha value is -2.54. The molecule has 0 aliphatic heterocycles. The van der Waals surface area contributed by atoms with Crippen LogP contribution in [0.25, 0.3) is 10.8 Å². The van der Waals surface area contributed by atoms with Gasteiger partial charge in [0, 0.05) is 12.4 Å². The molecule has 112 valence electrons. The SMILES string of the molecule is Cc1nc(-c2ncccn2)sc1C(=O)NC(C)c1ccco1. The highest BCUT2D eigenvalue weighted by Crippen LogP contribution is 2.25. The van der Waals surface area contributed by atoms with E-state index in [1.807, 2.05) is 13.0 Å². The number of carbonyl (C=O) groups is 1. The van der Waals surface area contributed by atoms with Gasteiger partial charge in [-0.25, -0.2) is 15.0 Å². The molecule has 0 saturated heterocycles. The summed E-state index contributed by atoms with van der Waals surface area (Å²) < 4.78 is 5.29. The van der Waals surface area contributed by atoms with Crippen LogP contribution in [0.3, 0.4) is 0 Å². The molecule has 0 bridgehead atoms. The molecule has 3 rings (SSSR count). The van der Waals surface area contributed by atoms with E-state index in [9.17, 15) is 4.79 Å². The van der Waals surface area contributed by atoms with Crippen LogP contribution in [-0.4, -0.2) is 20.9 Å². The number of thiazole rings is 1. The van der Waals surface area contributed by atoms with Gasteiger partial charge in [0.1, 0.15) is 10.6 Å². The van der Waals surface area contributed by atoms with E-state index in [4.69, 9.17) is 4.42 Å². The number of rotatable bonds is 4. The zero-order valence-electron chi connectivity index (χ0n) is 12.1. The minimum absolute atomic E-state index is 0.180. The minimum Gasteiger partial charge on any atom is -0.467 e. The van der Waals surface area contributed by atoms with Crippen LogP contribution in [0.1, 0.15) is 34.1 Å². The smallest absolute Gasteiger partial charge is 0.263 e. The van der Waals surface area contributed by atoms with Crippen LogP contribution in [0, 0.1) is 6.92 Å². The molecule has 0 aromatic carbocycles. The van der Waals surface area contributed by atoms with Crippen molar-refractivity contribution in [3.05, 3.63) is 53.2 Å². The number of nitrogens with zero attached hydrogens (tertiary/aromatic N) is 3. The van der Waals surface area contributed by atoms with E-state index in [0.29, 0.717) is 27.2 Å². The average Bonchev–Trinajstić information content (AvgIpc) is 3.17. The van der Waals surface area contributed by atoms with Crippen molar-refractivity contribution in [2.45, 2.75) is 19.9 Å². The van der Waals surface area contributed by atoms with Gasteiger partial charge in [0.25, 0.3) is 5.91 Å². The monoisotopic (exact) mass is 314 g/mol. The van der Waals surface area contributed by atoms with Crippen LogP contribution in [0.15, 0.2) is 41.3 Å². The first-order valence-corrected chi connectivity index (χ1v) is 7.56. The predicted molar refractivity (Wildman–Crippen MR) is 82.5 cm³/mol. The molecule has 3 aromatic rings. The predicted octanol–water partition coefficient (Wildman–Crippen LogP) is 2.99. The van der Waals surface area contributed by atoms with Crippen LogP contribution < -0.4 is 5.32 Å². The maximum absolute atomic E-state index is 12.4. The van der Waals surface area contributed by atoms with Crippen LogP contribution in [0.4, 0.5) is 0 Å². The lowest BCUT2D eigenvalue weighted by Gasteiger charge is -2.10. The summed E-state index contributed by atoms with van der Waals surface area (Å²) in [6, 6.07) is 5.15. The van der Waals surface area contributed by atoms with Crippen molar-refractivity contribution in [1.82, 2.24) is 20.3 Å². The molecule has 0 fully saturated rings. The highest BCUT2D eigenvalue weighted by atomic mass is 32.1. The lowest BCUT2D eigenvalue weighted by molar-refractivity contribution is 0.0938. The average molecular weight is 314 g/mol. The second-order valence-corrected chi connectivity index (χ2v) is 5.72. The summed E-state index contributed by atoms with van der Waals surface area (Å²) >= 11 is 1.28. The van der Waals surface area contributed by atoms with E-state index in [2.05, 4.69) is 20.3 Å². The number of aryl methyl sites for hydroxylation is 1. The number of hydrogen-bond donors (Lipinski definition) is 1. The van der Waals surface area contributed by atoms with Gasteiger partial charge in [-0.2, -0.15) is 0 Å². The van der Waals surface area contributed by atoms with Crippen molar-refractivity contribution in [2.24, 2.45) is 0 Å². The van der Waals surface area contributed by atoms with Crippen molar-refractivity contribution in [3.8, 4) is 10.8 Å². The molecule has 1 atom stereocenters. The quantitative estimate of drug-likeness (QED) is 0.800. The fourth-order valence-corrected chi connectivity index (χ4v) is 2.90. The highest BCUT2D eigenvalue weighted by Gasteiger charge is 2.20. The second kappa shape index (κ2) is 6.07. The first-order chi connectivity index (χ1) is 10.6. The molecule has 0 saturated carbocycles. The standard InChI is InChI=1S/C15H14N4O2S/c1-9(11-5-3-8-21-11)18-14(20)12-10(2)19-15(22-12)13-16-6-4-7-17-13/h3-9H,1-2H3,(H,18,20). The molecule has 7 heteroatoms. The number of nitrogens with one attached hydrogen (secondary N) is 1. The molecule has 22 heavy (non-hydrogen) atoms. The number of furan rings is 1. The van der Waals surface area contributed by atoms with Crippen molar-refractivity contribution in [3.63, 3.8) is 0 Å². The molecule has 1 unspecified atom stereocenters. The van der Waals surface area contributed by atoms with E-state index >= 15 is 0 Å². The van der Waals surface area contributed by atoms with E-state index in [1.54, 1.807) is 37.7 Å². The Labute approximate surface area is 131 Å². The summed E-state index contributed by atoms with van der Waals surface area (Å²) in [5, 5.41) is 3.53. The second-order valence-electron chi connectivity index (χ2n) is 4.72. The Bertz CT molecular complexity index is 768. The number of amides is 1. The van der Waals surface area contributed by atoms with Gasteiger partial charge in [-0.05, 0) is 32.0 Å². The normalized spacial score (nSPS) is 12.1. The first-order valence-electron chi connectivity index (χ1n) is 6.74. The van der Waals surface area contributed by atoms with Crippen LogP contribution in [0.2, 0.25) is 0 Å². The number of hydrogen-bond acceptors (Lipinski definition) is 6. The topological polar surface area (TPSA) is 80.9 Å². The Kier molecular flexibility index (Phi) is 3.97. The largest absolute Gasteiger partial charge is 0.467 e. The summed E-state index contributed by atoms with van der Waals surface area (Å²) in [6.45, 7) is 3.67. The van der Waals surface area contributed by atoms with Gasteiger partial charge in [-0.1, -0.05) is 0 Å². The maximum atomic E-state index is 12.4. The fourth-order valence-electron chi connectivity index (χ4n) is 1.98. The summed E-state index contributed by atoms with van der Waals surface area (Å²) in [5.41, 5.74) is 0.664. The molecule has 0 aliphatic carbocycles. The van der Waals surface area contributed by atoms with Gasteiger partial charge in [-0.3, -0.25) is 4.79 Å². The van der Waals surface area contributed by atoms with Crippen molar-refractivity contribution in [2.75, 3.05) is 0 Å². The van der Waals surface area contributed by atoms with Gasteiger partial charge < -0.3 is 9.73 Å². The minimum atomic E-state index is -0.208. The summed E-state index contributed by atoms with van der Waals surface area (Å²) in [7, 11) is 0. The molecule has 1 amide bonds. The lowest BCUT2D eigenvalue weighted by Crippen LogP contribution is -2.26. The summed E-state index contributed by atoms with van der Waals surface area (Å²) in [5.74, 6) is 1.05. The molecule has 0 aliphatic rings. The Morgan fingerprint density at radius 1 is 1.32 bits per heavy atom. The number of carbonyl (C=O) groups excluding carboxylic acids is 1. The Morgan fingerprint density at radius 2 is 2.09 bits per heavy atom. The van der Waals surface area contributed by atoms with Gasteiger partial charge in [0.05, 0.1) is 18.0 Å². The molecule has 0 radical (unpaired) electrons. The first kappa shape index (κ1) is 14.4. The van der Waals surface area contributed by atoms with E-state index in [-0.39, 0.29) is 11.9 Å². The van der Waals surface area contributed by atoms with Crippen molar-refractivity contribution in [1.29, 1.82) is 0 Å². The van der Waals surface area contributed by atoms with Crippen LogP contribution in [-0.2, 0) is 0 Å².